The van der Waals surface area contributed by atoms with Gasteiger partial charge in [-0.05, 0) is 25.8 Å². The molecule has 0 aliphatic heterocycles. The number of amides is 1. The summed E-state index contributed by atoms with van der Waals surface area (Å²) in [6.07, 6.45) is 8.69. The Balaban J connectivity index is 2.15. The first-order valence-electron chi connectivity index (χ1n) is 7.80. The number of aromatic nitrogens is 1. The topological polar surface area (TPSA) is 45.2 Å². The molecule has 116 valence electrons. The summed E-state index contributed by atoms with van der Waals surface area (Å²) < 4.78 is 0. The first kappa shape index (κ1) is 16.1. The Morgan fingerprint density at radius 2 is 2.05 bits per heavy atom. The molecule has 0 saturated heterocycles. The Labute approximate surface area is 131 Å². The van der Waals surface area contributed by atoms with E-state index in [9.17, 15) is 4.79 Å². The smallest absolute Gasteiger partial charge is 0.255 e. The van der Waals surface area contributed by atoms with Gasteiger partial charge in [0.25, 0.3) is 5.91 Å². The highest BCUT2D eigenvalue weighted by atomic mass is 35.5. The van der Waals surface area contributed by atoms with Gasteiger partial charge in [-0.15, -0.1) is 0 Å². The van der Waals surface area contributed by atoms with Gasteiger partial charge in [0, 0.05) is 25.8 Å². The van der Waals surface area contributed by atoms with Crippen molar-refractivity contribution >= 4 is 23.3 Å². The van der Waals surface area contributed by atoms with Gasteiger partial charge in [-0.1, -0.05) is 37.3 Å². The summed E-state index contributed by atoms with van der Waals surface area (Å²) in [5.41, 5.74) is 0.536. The van der Waals surface area contributed by atoms with Gasteiger partial charge in [0.2, 0.25) is 0 Å². The van der Waals surface area contributed by atoms with E-state index in [1.54, 1.807) is 12.3 Å². The fraction of sp³-hybridized carbons (Fsp3) is 0.625. The Hall–Kier alpha value is -1.29. The average Bonchev–Trinajstić information content (AvgIpc) is 2.77. The molecule has 1 aromatic heterocycles. The van der Waals surface area contributed by atoms with E-state index in [2.05, 4.69) is 10.3 Å². The largest absolute Gasteiger partial charge is 0.370 e. The molecule has 1 amide bonds. The summed E-state index contributed by atoms with van der Waals surface area (Å²) in [6.45, 7) is 2.76. The van der Waals surface area contributed by atoms with Crippen molar-refractivity contribution < 1.29 is 4.79 Å². The van der Waals surface area contributed by atoms with Crippen LogP contribution >= 0.6 is 11.6 Å². The third-order valence-corrected chi connectivity index (χ3v) is 4.44. The highest BCUT2D eigenvalue weighted by Gasteiger charge is 2.24. The zero-order valence-electron chi connectivity index (χ0n) is 12.9. The second kappa shape index (κ2) is 7.64. The van der Waals surface area contributed by atoms with Crippen molar-refractivity contribution in [2.24, 2.45) is 0 Å². The number of rotatable bonds is 4. The molecule has 2 rings (SSSR count). The molecule has 0 unspecified atom stereocenters. The molecule has 1 fully saturated rings. The van der Waals surface area contributed by atoms with E-state index >= 15 is 0 Å². The van der Waals surface area contributed by atoms with Crippen molar-refractivity contribution in [1.82, 2.24) is 9.88 Å². The lowest BCUT2D eigenvalue weighted by molar-refractivity contribution is 0.0718. The van der Waals surface area contributed by atoms with Gasteiger partial charge in [-0.3, -0.25) is 4.79 Å². The van der Waals surface area contributed by atoms with Crippen LogP contribution in [-0.2, 0) is 0 Å². The minimum Gasteiger partial charge on any atom is -0.370 e. The molecule has 0 radical (unpaired) electrons. The lowest BCUT2D eigenvalue weighted by Gasteiger charge is -2.27. The maximum Gasteiger partial charge on any atom is 0.255 e. The zero-order valence-corrected chi connectivity index (χ0v) is 13.6. The first-order valence-corrected chi connectivity index (χ1v) is 8.18. The van der Waals surface area contributed by atoms with Gasteiger partial charge in [0.15, 0.2) is 0 Å². The highest BCUT2D eigenvalue weighted by Crippen LogP contribution is 2.25. The van der Waals surface area contributed by atoms with E-state index in [4.69, 9.17) is 11.6 Å². The van der Waals surface area contributed by atoms with Crippen LogP contribution in [0.1, 0.15) is 55.8 Å². The van der Waals surface area contributed by atoms with Crippen LogP contribution in [0.15, 0.2) is 12.3 Å². The second-order valence-corrected chi connectivity index (χ2v) is 6.05. The molecule has 1 saturated carbocycles. The predicted molar refractivity (Wildman–Crippen MR) is 87.0 cm³/mol. The first-order chi connectivity index (χ1) is 10.1. The van der Waals surface area contributed by atoms with Gasteiger partial charge < -0.3 is 10.2 Å². The van der Waals surface area contributed by atoms with E-state index in [1.807, 2.05) is 18.9 Å². The third kappa shape index (κ3) is 4.10. The van der Waals surface area contributed by atoms with Crippen molar-refractivity contribution in [3.8, 4) is 0 Å². The van der Waals surface area contributed by atoms with E-state index in [1.165, 1.54) is 25.7 Å². The normalized spacial score (nSPS) is 16.3. The minimum atomic E-state index is -0.00606. The second-order valence-electron chi connectivity index (χ2n) is 5.64. The number of hydrogen-bond acceptors (Lipinski definition) is 3. The number of nitrogens with one attached hydrogen (secondary N) is 1. The van der Waals surface area contributed by atoms with Crippen LogP contribution in [0.4, 0.5) is 5.82 Å². The van der Waals surface area contributed by atoms with Crippen LogP contribution < -0.4 is 5.32 Å². The summed E-state index contributed by atoms with van der Waals surface area (Å²) in [6, 6.07) is 2.08. The number of halogens is 1. The van der Waals surface area contributed by atoms with Crippen LogP contribution in [0.2, 0.25) is 5.02 Å². The maximum absolute atomic E-state index is 12.7. The Kier molecular flexibility index (Phi) is 5.85. The number of hydrogen-bond donors (Lipinski definition) is 1. The van der Waals surface area contributed by atoms with Crippen LogP contribution in [-0.4, -0.2) is 35.4 Å². The molecule has 0 bridgehead atoms. The summed E-state index contributed by atoms with van der Waals surface area (Å²) in [4.78, 5) is 18.8. The third-order valence-electron chi connectivity index (χ3n) is 4.14. The van der Waals surface area contributed by atoms with Gasteiger partial charge in [-0.2, -0.15) is 0 Å². The molecule has 4 nitrogen and oxygen atoms in total. The lowest BCUT2D eigenvalue weighted by atomic mass is 10.1. The van der Waals surface area contributed by atoms with E-state index in [0.717, 1.165) is 19.4 Å². The SMILES string of the molecule is CCNc1cc(C(=O)N(C)C2CCCCCC2)c(Cl)cn1. The summed E-state index contributed by atoms with van der Waals surface area (Å²) in [5.74, 6) is 0.688. The van der Waals surface area contributed by atoms with Crippen molar-refractivity contribution in [2.75, 3.05) is 18.9 Å². The molecule has 1 aliphatic carbocycles. The molecule has 5 heteroatoms. The lowest BCUT2D eigenvalue weighted by Crippen LogP contribution is -2.37. The van der Waals surface area contributed by atoms with Crippen LogP contribution in [0.25, 0.3) is 0 Å². The molecule has 1 N–H and O–H groups in total. The van der Waals surface area contributed by atoms with Crippen molar-refractivity contribution in [3.05, 3.63) is 22.8 Å². The summed E-state index contributed by atoms with van der Waals surface area (Å²) >= 11 is 6.17. The quantitative estimate of drug-likeness (QED) is 0.856. The van der Waals surface area contributed by atoms with Gasteiger partial charge in [-0.25, -0.2) is 4.98 Å². The fourth-order valence-electron chi connectivity index (χ4n) is 2.88. The number of carbonyl (C=O) groups excluding carboxylic acids is 1. The molecule has 1 aliphatic rings. The Morgan fingerprint density at radius 1 is 1.38 bits per heavy atom. The van der Waals surface area contributed by atoms with Gasteiger partial charge in [0.05, 0.1) is 10.6 Å². The number of nitrogens with zero attached hydrogens (tertiary/aromatic N) is 2. The minimum absolute atomic E-state index is 0.00606. The van der Waals surface area contributed by atoms with Crippen molar-refractivity contribution in [3.63, 3.8) is 0 Å². The molecular weight excluding hydrogens is 286 g/mol. The number of pyridine rings is 1. The molecule has 0 atom stereocenters. The van der Waals surface area contributed by atoms with Crippen LogP contribution in [0.5, 0.6) is 0 Å². The zero-order chi connectivity index (χ0) is 15.2. The Bertz CT molecular complexity index is 484. The molecule has 0 spiro atoms. The van der Waals surface area contributed by atoms with E-state index < -0.39 is 0 Å². The summed E-state index contributed by atoms with van der Waals surface area (Å²) in [5, 5.41) is 3.54. The maximum atomic E-state index is 12.7. The van der Waals surface area contributed by atoms with E-state index in [0.29, 0.717) is 22.4 Å². The van der Waals surface area contributed by atoms with Crippen LogP contribution in [0.3, 0.4) is 0 Å². The molecule has 1 aromatic rings. The van der Waals surface area contributed by atoms with Crippen molar-refractivity contribution in [2.45, 2.75) is 51.5 Å². The number of carbonyl (C=O) groups is 1. The molecular formula is C16H24ClN3O. The number of anilines is 1. The fourth-order valence-corrected chi connectivity index (χ4v) is 3.07. The van der Waals surface area contributed by atoms with Gasteiger partial charge in [0.1, 0.15) is 5.82 Å². The monoisotopic (exact) mass is 309 g/mol. The molecule has 21 heavy (non-hydrogen) atoms. The van der Waals surface area contributed by atoms with Crippen LogP contribution in [0, 0.1) is 0 Å². The van der Waals surface area contributed by atoms with E-state index in [-0.39, 0.29) is 5.91 Å². The van der Waals surface area contributed by atoms with Crippen molar-refractivity contribution in [1.29, 1.82) is 0 Å². The predicted octanol–water partition coefficient (Wildman–Crippen LogP) is 3.96. The Morgan fingerprint density at radius 3 is 2.67 bits per heavy atom. The molecule has 1 heterocycles. The molecule has 0 aromatic carbocycles. The average molecular weight is 310 g/mol. The highest BCUT2D eigenvalue weighted by molar-refractivity contribution is 6.33. The standard InChI is InChI=1S/C16H24ClN3O/c1-3-18-15-10-13(14(17)11-19-15)16(21)20(2)12-8-6-4-5-7-9-12/h10-12H,3-9H2,1-2H3,(H,18,19). The summed E-state index contributed by atoms with van der Waals surface area (Å²) in [7, 11) is 1.89. The van der Waals surface area contributed by atoms with Gasteiger partial charge >= 0.3 is 0 Å².